The van der Waals surface area contributed by atoms with Crippen molar-refractivity contribution >= 4 is 10.8 Å². The molecule has 0 aliphatic heterocycles. The molecule has 0 aliphatic carbocycles. The van der Waals surface area contributed by atoms with Crippen LogP contribution in [0.3, 0.4) is 0 Å². The Labute approximate surface area is 114 Å². The van der Waals surface area contributed by atoms with Gasteiger partial charge in [-0.1, -0.05) is 52.0 Å². The van der Waals surface area contributed by atoms with E-state index in [1.165, 1.54) is 11.1 Å². The summed E-state index contributed by atoms with van der Waals surface area (Å²) in [6.45, 7) is 9.17. The lowest BCUT2D eigenvalue weighted by Gasteiger charge is -2.19. The first kappa shape index (κ1) is 15.4. The van der Waals surface area contributed by atoms with Crippen LogP contribution in [0.5, 0.6) is 0 Å². The third-order valence-electron chi connectivity index (χ3n) is 3.10. The topological polar surface area (TPSA) is 29.1 Å². The summed E-state index contributed by atoms with van der Waals surface area (Å²) in [5.41, 5.74) is 2.59. The van der Waals surface area contributed by atoms with E-state index in [9.17, 15) is 4.21 Å². The zero-order valence-electron chi connectivity index (χ0n) is 11.9. The summed E-state index contributed by atoms with van der Waals surface area (Å²) in [6, 6.07) is 8.84. The average molecular weight is 267 g/mol. The van der Waals surface area contributed by atoms with E-state index in [4.69, 9.17) is 0 Å². The second-order valence-corrected chi connectivity index (χ2v) is 6.84. The molecule has 102 valence electrons. The fourth-order valence-electron chi connectivity index (χ4n) is 1.86. The summed E-state index contributed by atoms with van der Waals surface area (Å²) in [5.74, 6) is 0.691. The SMILES string of the molecule is CCNC(CS(=O)C(C)C)c1ccc(CC)cc1. The minimum atomic E-state index is -0.773. The molecule has 18 heavy (non-hydrogen) atoms. The Kier molecular flexibility index (Phi) is 6.58. The Bertz CT molecular complexity index is 373. The van der Waals surface area contributed by atoms with Crippen LogP contribution in [-0.4, -0.2) is 21.8 Å². The molecular weight excluding hydrogens is 242 g/mol. The average Bonchev–Trinajstić information content (AvgIpc) is 2.38. The van der Waals surface area contributed by atoms with E-state index in [0.717, 1.165) is 13.0 Å². The largest absolute Gasteiger partial charge is 0.309 e. The third-order valence-corrected chi connectivity index (χ3v) is 4.81. The summed E-state index contributed by atoms with van der Waals surface area (Å²) >= 11 is 0. The van der Waals surface area contributed by atoms with Gasteiger partial charge in [0.15, 0.2) is 0 Å². The highest BCUT2D eigenvalue weighted by Crippen LogP contribution is 2.16. The Morgan fingerprint density at radius 2 is 1.78 bits per heavy atom. The second kappa shape index (κ2) is 7.70. The predicted molar refractivity (Wildman–Crippen MR) is 80.4 cm³/mol. The minimum Gasteiger partial charge on any atom is -0.309 e. The fourth-order valence-corrected chi connectivity index (χ4v) is 2.89. The van der Waals surface area contributed by atoms with Crippen molar-refractivity contribution in [3.63, 3.8) is 0 Å². The van der Waals surface area contributed by atoms with Crippen molar-refractivity contribution in [1.82, 2.24) is 5.32 Å². The van der Waals surface area contributed by atoms with Crippen LogP contribution in [0.15, 0.2) is 24.3 Å². The molecule has 1 aromatic carbocycles. The van der Waals surface area contributed by atoms with E-state index >= 15 is 0 Å². The quantitative estimate of drug-likeness (QED) is 0.822. The Morgan fingerprint density at radius 1 is 1.17 bits per heavy atom. The first-order valence-electron chi connectivity index (χ1n) is 6.77. The number of rotatable bonds is 7. The van der Waals surface area contributed by atoms with E-state index in [1.54, 1.807) is 0 Å². The first-order valence-corrected chi connectivity index (χ1v) is 8.16. The van der Waals surface area contributed by atoms with E-state index in [-0.39, 0.29) is 11.3 Å². The minimum absolute atomic E-state index is 0.198. The van der Waals surface area contributed by atoms with Crippen molar-refractivity contribution in [2.75, 3.05) is 12.3 Å². The van der Waals surface area contributed by atoms with Gasteiger partial charge in [0.05, 0.1) is 0 Å². The molecule has 0 amide bonds. The van der Waals surface area contributed by atoms with E-state index in [2.05, 4.69) is 43.4 Å². The summed E-state index contributed by atoms with van der Waals surface area (Å²) in [6.07, 6.45) is 1.06. The predicted octanol–water partition coefficient (Wildman–Crippen LogP) is 3.06. The molecule has 0 bridgehead atoms. The van der Waals surface area contributed by atoms with Crippen molar-refractivity contribution in [2.45, 2.75) is 45.4 Å². The molecule has 0 saturated heterocycles. The normalized spacial score (nSPS) is 14.7. The zero-order chi connectivity index (χ0) is 13.5. The number of aryl methyl sites for hydroxylation is 1. The van der Waals surface area contributed by atoms with Gasteiger partial charge in [-0.15, -0.1) is 0 Å². The smallest absolute Gasteiger partial charge is 0.0436 e. The van der Waals surface area contributed by atoms with Gasteiger partial charge in [0.25, 0.3) is 0 Å². The first-order chi connectivity index (χ1) is 8.58. The van der Waals surface area contributed by atoms with Crippen LogP contribution < -0.4 is 5.32 Å². The fraction of sp³-hybridized carbons (Fsp3) is 0.600. The van der Waals surface area contributed by atoms with Gasteiger partial charge in [0.1, 0.15) is 0 Å². The van der Waals surface area contributed by atoms with Crippen LogP contribution in [0, 0.1) is 0 Å². The number of hydrogen-bond donors (Lipinski definition) is 1. The molecule has 2 atom stereocenters. The van der Waals surface area contributed by atoms with Crippen LogP contribution in [0.1, 0.15) is 44.9 Å². The molecule has 1 rings (SSSR count). The third kappa shape index (κ3) is 4.54. The second-order valence-electron chi connectivity index (χ2n) is 4.80. The zero-order valence-corrected chi connectivity index (χ0v) is 12.7. The molecule has 0 aromatic heterocycles. The maximum atomic E-state index is 12.0. The molecule has 1 aromatic rings. The van der Waals surface area contributed by atoms with Crippen LogP contribution in [0.2, 0.25) is 0 Å². The van der Waals surface area contributed by atoms with E-state index in [1.807, 2.05) is 13.8 Å². The number of hydrogen-bond acceptors (Lipinski definition) is 2. The van der Waals surface area contributed by atoms with Crippen molar-refractivity contribution < 1.29 is 4.21 Å². The van der Waals surface area contributed by atoms with Crippen LogP contribution in [-0.2, 0) is 17.2 Å². The lowest BCUT2D eigenvalue weighted by molar-refractivity contribution is 0.592. The van der Waals surface area contributed by atoms with Gasteiger partial charge < -0.3 is 5.32 Å². The highest BCUT2D eigenvalue weighted by molar-refractivity contribution is 7.85. The van der Waals surface area contributed by atoms with Gasteiger partial charge in [-0.25, -0.2) is 0 Å². The molecule has 0 aliphatic rings. The summed E-state index contributed by atoms with van der Waals surface area (Å²) in [5, 5.41) is 3.65. The molecular formula is C15H25NOS. The van der Waals surface area contributed by atoms with Gasteiger partial charge in [-0.05, 0) is 24.1 Å². The van der Waals surface area contributed by atoms with Crippen molar-refractivity contribution in [3.05, 3.63) is 35.4 Å². The Balaban J connectivity index is 2.79. The highest BCUT2D eigenvalue weighted by atomic mass is 32.2. The summed E-state index contributed by atoms with van der Waals surface area (Å²) in [7, 11) is -0.773. The highest BCUT2D eigenvalue weighted by Gasteiger charge is 2.15. The van der Waals surface area contributed by atoms with Gasteiger partial charge in [0, 0.05) is 27.8 Å². The van der Waals surface area contributed by atoms with E-state index < -0.39 is 10.8 Å². The van der Waals surface area contributed by atoms with Gasteiger partial charge in [0.2, 0.25) is 0 Å². The molecule has 2 unspecified atom stereocenters. The van der Waals surface area contributed by atoms with Crippen molar-refractivity contribution in [1.29, 1.82) is 0 Å². The molecule has 0 heterocycles. The van der Waals surface area contributed by atoms with E-state index in [0.29, 0.717) is 5.75 Å². The maximum absolute atomic E-state index is 12.0. The van der Waals surface area contributed by atoms with Crippen LogP contribution in [0.25, 0.3) is 0 Å². The molecule has 3 heteroatoms. The van der Waals surface area contributed by atoms with Crippen molar-refractivity contribution in [3.8, 4) is 0 Å². The Hall–Kier alpha value is -0.670. The molecule has 0 spiro atoms. The lowest BCUT2D eigenvalue weighted by Crippen LogP contribution is -2.28. The van der Waals surface area contributed by atoms with Crippen LogP contribution in [0.4, 0.5) is 0 Å². The van der Waals surface area contributed by atoms with Gasteiger partial charge in [-0.3, -0.25) is 4.21 Å². The van der Waals surface area contributed by atoms with Gasteiger partial charge >= 0.3 is 0 Å². The lowest BCUT2D eigenvalue weighted by atomic mass is 10.0. The number of nitrogens with one attached hydrogen (secondary N) is 1. The van der Waals surface area contributed by atoms with Crippen LogP contribution >= 0.6 is 0 Å². The molecule has 1 N–H and O–H groups in total. The summed E-state index contributed by atoms with van der Waals surface area (Å²) < 4.78 is 12.0. The van der Waals surface area contributed by atoms with Gasteiger partial charge in [-0.2, -0.15) is 0 Å². The molecule has 0 fully saturated rings. The monoisotopic (exact) mass is 267 g/mol. The Morgan fingerprint density at radius 3 is 2.22 bits per heavy atom. The molecule has 0 radical (unpaired) electrons. The van der Waals surface area contributed by atoms with Crippen molar-refractivity contribution in [2.24, 2.45) is 0 Å². The summed E-state index contributed by atoms with van der Waals surface area (Å²) in [4.78, 5) is 0. The standard InChI is InChI=1S/C15H25NOS/c1-5-13-7-9-14(10-8-13)15(16-6-2)11-18(17)12(3)4/h7-10,12,15-16H,5-6,11H2,1-4H3. The molecule has 2 nitrogen and oxygen atoms in total. The number of benzene rings is 1. The molecule has 0 saturated carbocycles. The maximum Gasteiger partial charge on any atom is 0.0436 e.